The summed E-state index contributed by atoms with van der Waals surface area (Å²) in [4.78, 5) is 0.288. The third-order valence-corrected chi connectivity index (χ3v) is 5.24. The van der Waals surface area contributed by atoms with Crippen molar-refractivity contribution in [1.82, 2.24) is 9.62 Å². The number of benzene rings is 1. The smallest absolute Gasteiger partial charge is 0.242 e. The largest absolute Gasteiger partial charge is 0.310 e. The van der Waals surface area contributed by atoms with Crippen LogP contribution < -0.4 is 5.32 Å². The van der Waals surface area contributed by atoms with Gasteiger partial charge in [-0.15, -0.1) is 0 Å². The summed E-state index contributed by atoms with van der Waals surface area (Å²) < 4.78 is 26.5. The first-order valence-electron chi connectivity index (χ1n) is 7.12. The van der Waals surface area contributed by atoms with Crippen LogP contribution in [0.5, 0.6) is 0 Å². The second kappa shape index (κ2) is 7.58. The van der Waals surface area contributed by atoms with Gasteiger partial charge in [0.05, 0.1) is 4.90 Å². The van der Waals surface area contributed by atoms with Gasteiger partial charge in [0.1, 0.15) is 0 Å². The number of halogens is 1. The summed E-state index contributed by atoms with van der Waals surface area (Å²) >= 11 is 6.15. The first-order valence-corrected chi connectivity index (χ1v) is 8.94. The van der Waals surface area contributed by atoms with E-state index in [1.54, 1.807) is 25.2 Å². The van der Waals surface area contributed by atoms with E-state index in [-0.39, 0.29) is 10.8 Å². The van der Waals surface area contributed by atoms with Gasteiger partial charge >= 0.3 is 0 Å². The van der Waals surface area contributed by atoms with E-state index < -0.39 is 10.0 Å². The molecule has 0 heterocycles. The Labute approximate surface area is 133 Å². The summed E-state index contributed by atoms with van der Waals surface area (Å²) in [5.74, 6) is 0.277. The molecule has 0 saturated heterocycles. The Hall–Kier alpha value is -0.620. The quantitative estimate of drug-likeness (QED) is 0.834. The monoisotopic (exact) mass is 332 g/mol. The molecule has 1 rings (SSSR count). The van der Waals surface area contributed by atoms with Crippen molar-refractivity contribution in [3.05, 3.63) is 28.8 Å². The first kappa shape index (κ1) is 18.4. The Morgan fingerprint density at radius 1 is 1.24 bits per heavy atom. The summed E-state index contributed by atoms with van der Waals surface area (Å²) in [6, 6.07) is 5.18. The normalized spacial score (nSPS) is 12.6. The molecule has 0 atom stereocenters. The van der Waals surface area contributed by atoms with Crippen molar-refractivity contribution < 1.29 is 8.42 Å². The van der Waals surface area contributed by atoms with Gasteiger partial charge in [-0.2, -0.15) is 0 Å². The zero-order valence-corrected chi connectivity index (χ0v) is 14.9. The molecule has 0 amide bonds. The van der Waals surface area contributed by atoms with E-state index in [1.165, 1.54) is 4.31 Å². The average Bonchev–Trinajstić information content (AvgIpc) is 2.36. The Morgan fingerprint density at radius 2 is 1.86 bits per heavy atom. The van der Waals surface area contributed by atoms with Crippen LogP contribution in [0.15, 0.2) is 23.1 Å². The SMILES string of the molecule is CC(C)CN(C)S(=O)(=O)c1ccc(Cl)c(CNC(C)C)c1. The van der Waals surface area contributed by atoms with Crippen LogP contribution in [0, 0.1) is 5.92 Å². The lowest BCUT2D eigenvalue weighted by atomic mass is 10.2. The van der Waals surface area contributed by atoms with Gasteiger partial charge in [-0.25, -0.2) is 12.7 Å². The van der Waals surface area contributed by atoms with Gasteiger partial charge in [-0.3, -0.25) is 0 Å². The molecular formula is C15H25ClN2O2S. The Kier molecular flexibility index (Phi) is 6.66. The van der Waals surface area contributed by atoms with Gasteiger partial charge in [0.25, 0.3) is 0 Å². The highest BCUT2D eigenvalue weighted by atomic mass is 35.5. The molecule has 0 aliphatic rings. The summed E-state index contributed by atoms with van der Waals surface area (Å²) in [6.45, 7) is 9.09. The maximum absolute atomic E-state index is 12.5. The molecule has 0 aliphatic carbocycles. The lowest BCUT2D eigenvalue weighted by Crippen LogP contribution is -2.30. The molecule has 0 fully saturated rings. The number of nitrogens with one attached hydrogen (secondary N) is 1. The lowest BCUT2D eigenvalue weighted by Gasteiger charge is -2.20. The average molecular weight is 333 g/mol. The van der Waals surface area contributed by atoms with E-state index in [4.69, 9.17) is 11.6 Å². The third-order valence-electron chi connectivity index (χ3n) is 3.05. The number of sulfonamides is 1. The van der Waals surface area contributed by atoms with Crippen LogP contribution in [0.4, 0.5) is 0 Å². The van der Waals surface area contributed by atoms with Crippen LogP contribution in [0.25, 0.3) is 0 Å². The van der Waals surface area contributed by atoms with Gasteiger partial charge < -0.3 is 5.32 Å². The molecule has 1 aromatic carbocycles. The third kappa shape index (κ3) is 5.25. The predicted molar refractivity (Wildman–Crippen MR) is 88.1 cm³/mol. The predicted octanol–water partition coefficient (Wildman–Crippen LogP) is 3.11. The van der Waals surface area contributed by atoms with Crippen molar-refractivity contribution in [2.45, 2.75) is 45.2 Å². The Bertz CT molecular complexity index is 571. The van der Waals surface area contributed by atoms with Crippen molar-refractivity contribution in [2.75, 3.05) is 13.6 Å². The highest BCUT2D eigenvalue weighted by molar-refractivity contribution is 7.89. The zero-order chi connectivity index (χ0) is 16.2. The van der Waals surface area contributed by atoms with Gasteiger partial charge in [0.15, 0.2) is 0 Å². The van der Waals surface area contributed by atoms with E-state index >= 15 is 0 Å². The van der Waals surface area contributed by atoms with Gasteiger partial charge in [-0.05, 0) is 29.7 Å². The number of hydrogen-bond donors (Lipinski definition) is 1. The molecule has 0 aliphatic heterocycles. The second-order valence-corrected chi connectivity index (χ2v) is 8.42. The molecule has 0 saturated carbocycles. The second-order valence-electron chi connectivity index (χ2n) is 5.97. The van der Waals surface area contributed by atoms with E-state index in [2.05, 4.69) is 5.32 Å². The van der Waals surface area contributed by atoms with Gasteiger partial charge in [0.2, 0.25) is 10.0 Å². The van der Waals surface area contributed by atoms with E-state index in [0.717, 1.165) is 5.56 Å². The molecule has 1 aromatic rings. The van der Waals surface area contributed by atoms with E-state index in [0.29, 0.717) is 24.2 Å². The Balaban J connectivity index is 3.05. The fourth-order valence-electron chi connectivity index (χ4n) is 1.95. The van der Waals surface area contributed by atoms with Crippen molar-refractivity contribution in [3.63, 3.8) is 0 Å². The fourth-order valence-corrected chi connectivity index (χ4v) is 3.52. The molecule has 0 unspecified atom stereocenters. The van der Waals surface area contributed by atoms with Crippen molar-refractivity contribution >= 4 is 21.6 Å². The molecule has 0 radical (unpaired) electrons. The van der Waals surface area contributed by atoms with Crippen molar-refractivity contribution in [1.29, 1.82) is 0 Å². The number of rotatable bonds is 7. The zero-order valence-electron chi connectivity index (χ0n) is 13.4. The highest BCUT2D eigenvalue weighted by Crippen LogP contribution is 2.23. The van der Waals surface area contributed by atoms with Crippen LogP contribution >= 0.6 is 11.6 Å². The fraction of sp³-hybridized carbons (Fsp3) is 0.600. The van der Waals surface area contributed by atoms with Crippen LogP contribution in [0.2, 0.25) is 5.02 Å². The van der Waals surface area contributed by atoms with Crippen molar-refractivity contribution in [2.24, 2.45) is 5.92 Å². The number of nitrogens with zero attached hydrogens (tertiary/aromatic N) is 1. The minimum Gasteiger partial charge on any atom is -0.310 e. The lowest BCUT2D eigenvalue weighted by molar-refractivity contribution is 0.417. The number of hydrogen-bond acceptors (Lipinski definition) is 3. The van der Waals surface area contributed by atoms with Crippen LogP contribution in [0.3, 0.4) is 0 Å². The molecular weight excluding hydrogens is 308 g/mol. The van der Waals surface area contributed by atoms with E-state index in [1.807, 2.05) is 27.7 Å². The van der Waals surface area contributed by atoms with E-state index in [9.17, 15) is 8.42 Å². The van der Waals surface area contributed by atoms with Gasteiger partial charge in [-0.1, -0.05) is 39.3 Å². The van der Waals surface area contributed by atoms with Crippen molar-refractivity contribution in [3.8, 4) is 0 Å². The molecule has 0 aromatic heterocycles. The molecule has 1 N–H and O–H groups in total. The van der Waals surface area contributed by atoms with Crippen LogP contribution in [0.1, 0.15) is 33.3 Å². The minimum atomic E-state index is -3.46. The minimum absolute atomic E-state index is 0.277. The first-order chi connectivity index (χ1) is 9.64. The van der Waals surface area contributed by atoms with Gasteiger partial charge in [0, 0.05) is 31.2 Å². The standard InChI is InChI=1S/C15H25ClN2O2S/c1-11(2)10-18(5)21(19,20)14-6-7-15(16)13(8-14)9-17-12(3)4/h6-8,11-12,17H,9-10H2,1-5H3. The molecule has 6 heteroatoms. The molecule has 0 bridgehead atoms. The Morgan fingerprint density at radius 3 is 2.38 bits per heavy atom. The van der Waals surface area contributed by atoms with Crippen LogP contribution in [-0.4, -0.2) is 32.4 Å². The maximum atomic E-state index is 12.5. The molecule has 120 valence electrons. The highest BCUT2D eigenvalue weighted by Gasteiger charge is 2.22. The topological polar surface area (TPSA) is 49.4 Å². The summed E-state index contributed by atoms with van der Waals surface area (Å²) in [6.07, 6.45) is 0. The summed E-state index contributed by atoms with van der Waals surface area (Å²) in [7, 11) is -1.86. The summed E-state index contributed by atoms with van der Waals surface area (Å²) in [5, 5.41) is 3.83. The summed E-state index contributed by atoms with van der Waals surface area (Å²) in [5.41, 5.74) is 0.796. The molecule has 21 heavy (non-hydrogen) atoms. The molecule has 0 spiro atoms. The maximum Gasteiger partial charge on any atom is 0.242 e. The van der Waals surface area contributed by atoms with Crippen LogP contribution in [-0.2, 0) is 16.6 Å². The molecule has 4 nitrogen and oxygen atoms in total.